The Bertz CT molecular complexity index is 407. The normalized spacial score (nSPS) is 22.9. The van der Waals surface area contributed by atoms with Crippen molar-refractivity contribution in [3.63, 3.8) is 0 Å². The Kier molecular flexibility index (Phi) is 4.49. The summed E-state index contributed by atoms with van der Waals surface area (Å²) in [6, 6.07) is 3.80. The highest BCUT2D eigenvalue weighted by molar-refractivity contribution is 7.80. The van der Waals surface area contributed by atoms with Crippen LogP contribution in [-0.2, 0) is 4.74 Å². The van der Waals surface area contributed by atoms with Crippen molar-refractivity contribution in [1.82, 2.24) is 4.98 Å². The molecule has 0 aromatic carbocycles. The molecule has 2 heterocycles. The van der Waals surface area contributed by atoms with Crippen molar-refractivity contribution in [3.8, 4) is 0 Å². The first-order valence-electron chi connectivity index (χ1n) is 6.32. The van der Waals surface area contributed by atoms with Crippen molar-refractivity contribution in [3.05, 3.63) is 23.9 Å². The summed E-state index contributed by atoms with van der Waals surface area (Å²) in [5.74, 6) is 1.43. The number of pyridine rings is 1. The third kappa shape index (κ3) is 3.17. The highest BCUT2D eigenvalue weighted by Crippen LogP contribution is 2.23. The van der Waals surface area contributed by atoms with Crippen LogP contribution in [0.3, 0.4) is 0 Å². The number of nitrogens with two attached hydrogens (primary N) is 1. The van der Waals surface area contributed by atoms with Crippen molar-refractivity contribution in [2.75, 3.05) is 18.5 Å². The highest BCUT2D eigenvalue weighted by atomic mass is 32.1. The van der Waals surface area contributed by atoms with Crippen molar-refractivity contribution in [1.29, 1.82) is 0 Å². The lowest BCUT2D eigenvalue weighted by Crippen LogP contribution is -2.23. The zero-order chi connectivity index (χ0) is 13.0. The lowest BCUT2D eigenvalue weighted by Gasteiger charge is -2.17. The Morgan fingerprint density at radius 2 is 2.44 bits per heavy atom. The van der Waals surface area contributed by atoms with Gasteiger partial charge in [0.25, 0.3) is 0 Å². The van der Waals surface area contributed by atoms with Gasteiger partial charge in [-0.3, -0.25) is 0 Å². The number of thiocarbonyl (C=S) groups is 1. The third-order valence-electron chi connectivity index (χ3n) is 3.34. The molecule has 5 heteroatoms. The molecule has 2 atom stereocenters. The van der Waals surface area contributed by atoms with Crippen LogP contribution >= 0.6 is 12.2 Å². The average molecular weight is 265 g/mol. The number of aromatic nitrogens is 1. The Morgan fingerprint density at radius 1 is 1.61 bits per heavy atom. The molecular weight excluding hydrogens is 246 g/mol. The van der Waals surface area contributed by atoms with E-state index in [2.05, 4.69) is 17.2 Å². The number of anilines is 1. The molecule has 1 aromatic rings. The Balaban J connectivity index is 1.88. The summed E-state index contributed by atoms with van der Waals surface area (Å²) < 4.78 is 5.66. The first-order chi connectivity index (χ1) is 8.70. The van der Waals surface area contributed by atoms with E-state index in [1.807, 2.05) is 12.1 Å². The second-order valence-electron chi connectivity index (χ2n) is 4.54. The highest BCUT2D eigenvalue weighted by Gasteiger charge is 2.26. The van der Waals surface area contributed by atoms with Gasteiger partial charge in [-0.25, -0.2) is 4.98 Å². The Labute approximate surface area is 113 Å². The molecule has 98 valence electrons. The summed E-state index contributed by atoms with van der Waals surface area (Å²) in [7, 11) is 0. The molecule has 4 nitrogen and oxygen atoms in total. The molecule has 1 saturated heterocycles. The van der Waals surface area contributed by atoms with E-state index in [9.17, 15) is 0 Å². The van der Waals surface area contributed by atoms with Gasteiger partial charge in [-0.2, -0.15) is 0 Å². The maximum atomic E-state index is 5.66. The van der Waals surface area contributed by atoms with Gasteiger partial charge in [0.1, 0.15) is 10.8 Å². The lowest BCUT2D eigenvalue weighted by molar-refractivity contribution is 0.0900. The van der Waals surface area contributed by atoms with E-state index < -0.39 is 0 Å². The van der Waals surface area contributed by atoms with Crippen LogP contribution in [0, 0.1) is 5.92 Å². The van der Waals surface area contributed by atoms with Gasteiger partial charge < -0.3 is 15.8 Å². The van der Waals surface area contributed by atoms with Crippen LogP contribution in [0.15, 0.2) is 18.3 Å². The third-order valence-corrected chi connectivity index (χ3v) is 3.58. The molecule has 0 aliphatic carbocycles. The second kappa shape index (κ2) is 6.11. The minimum absolute atomic E-state index is 0.379. The number of hydrogen-bond donors (Lipinski definition) is 2. The number of hydrogen-bond acceptors (Lipinski definition) is 4. The molecule has 1 aromatic heterocycles. The Hall–Kier alpha value is -1.20. The summed E-state index contributed by atoms with van der Waals surface area (Å²) in [5.41, 5.74) is 6.33. The van der Waals surface area contributed by atoms with Crippen LogP contribution in [0.25, 0.3) is 0 Å². The summed E-state index contributed by atoms with van der Waals surface area (Å²) in [4.78, 5) is 4.67. The van der Waals surface area contributed by atoms with E-state index in [1.54, 1.807) is 6.20 Å². The summed E-state index contributed by atoms with van der Waals surface area (Å²) in [6.07, 6.45) is 4.28. The molecule has 0 bridgehead atoms. The molecule has 18 heavy (non-hydrogen) atoms. The lowest BCUT2D eigenvalue weighted by atomic mass is 10.00. The topological polar surface area (TPSA) is 60.2 Å². The van der Waals surface area contributed by atoms with Crippen LogP contribution < -0.4 is 11.1 Å². The fourth-order valence-electron chi connectivity index (χ4n) is 2.26. The second-order valence-corrected chi connectivity index (χ2v) is 4.98. The van der Waals surface area contributed by atoms with Crippen LogP contribution in [0.2, 0.25) is 0 Å². The fourth-order valence-corrected chi connectivity index (χ4v) is 2.38. The predicted octanol–water partition coefficient (Wildman–Crippen LogP) is 1.94. The van der Waals surface area contributed by atoms with Crippen LogP contribution in [0.1, 0.15) is 25.3 Å². The molecule has 2 unspecified atom stereocenters. The van der Waals surface area contributed by atoms with E-state index in [4.69, 9.17) is 22.7 Å². The van der Waals surface area contributed by atoms with E-state index in [1.165, 1.54) is 0 Å². The molecular formula is C13H19N3OS. The first kappa shape index (κ1) is 13.2. The minimum atomic E-state index is 0.379. The van der Waals surface area contributed by atoms with Crippen molar-refractivity contribution < 1.29 is 4.74 Å². The maximum absolute atomic E-state index is 5.66. The SMILES string of the molecule is CCC1OCCC1CNc1ccc(C(N)=S)cn1. The zero-order valence-electron chi connectivity index (χ0n) is 10.6. The first-order valence-corrected chi connectivity index (χ1v) is 6.73. The van der Waals surface area contributed by atoms with Crippen molar-refractivity contribution in [2.24, 2.45) is 11.7 Å². The summed E-state index contributed by atoms with van der Waals surface area (Å²) in [5, 5.41) is 3.34. The molecule has 0 saturated carbocycles. The molecule has 1 aliphatic heterocycles. The molecule has 0 spiro atoms. The number of rotatable bonds is 5. The number of nitrogens with one attached hydrogen (secondary N) is 1. The van der Waals surface area contributed by atoms with E-state index in [0.717, 1.165) is 37.4 Å². The summed E-state index contributed by atoms with van der Waals surface area (Å²) >= 11 is 4.89. The van der Waals surface area contributed by atoms with Gasteiger partial charge in [0.05, 0.1) is 6.10 Å². The van der Waals surface area contributed by atoms with Gasteiger partial charge >= 0.3 is 0 Å². The van der Waals surface area contributed by atoms with Gasteiger partial charge in [0, 0.05) is 30.8 Å². The Morgan fingerprint density at radius 3 is 3.06 bits per heavy atom. The van der Waals surface area contributed by atoms with E-state index in [-0.39, 0.29) is 0 Å². The van der Waals surface area contributed by atoms with Crippen LogP contribution in [0.4, 0.5) is 5.82 Å². The molecule has 0 radical (unpaired) electrons. The monoisotopic (exact) mass is 265 g/mol. The zero-order valence-corrected chi connectivity index (χ0v) is 11.4. The molecule has 3 N–H and O–H groups in total. The fraction of sp³-hybridized carbons (Fsp3) is 0.538. The molecule has 1 aliphatic rings. The van der Waals surface area contributed by atoms with Crippen LogP contribution in [0.5, 0.6) is 0 Å². The molecule has 0 amide bonds. The van der Waals surface area contributed by atoms with Crippen molar-refractivity contribution >= 4 is 23.0 Å². The summed E-state index contributed by atoms with van der Waals surface area (Å²) in [6.45, 7) is 3.94. The average Bonchev–Trinajstić information content (AvgIpc) is 2.84. The van der Waals surface area contributed by atoms with Gasteiger partial charge in [0.15, 0.2) is 0 Å². The van der Waals surface area contributed by atoms with E-state index in [0.29, 0.717) is 17.0 Å². The minimum Gasteiger partial charge on any atom is -0.389 e. The number of nitrogens with zero attached hydrogens (tertiary/aromatic N) is 1. The van der Waals surface area contributed by atoms with Crippen LogP contribution in [-0.4, -0.2) is 29.2 Å². The van der Waals surface area contributed by atoms with E-state index >= 15 is 0 Å². The predicted molar refractivity (Wildman–Crippen MR) is 76.8 cm³/mol. The standard InChI is InChI=1S/C13H19N3OS/c1-2-11-9(5-6-17-11)7-15-12-4-3-10(8-16-12)13(14)18/h3-4,8-9,11H,2,5-7H2,1H3,(H2,14,18)(H,15,16). The molecule has 2 rings (SSSR count). The maximum Gasteiger partial charge on any atom is 0.125 e. The molecule has 1 fully saturated rings. The van der Waals surface area contributed by atoms with Gasteiger partial charge in [-0.15, -0.1) is 0 Å². The van der Waals surface area contributed by atoms with Crippen molar-refractivity contribution in [2.45, 2.75) is 25.9 Å². The van der Waals surface area contributed by atoms with Gasteiger partial charge in [0.2, 0.25) is 0 Å². The van der Waals surface area contributed by atoms with Gasteiger partial charge in [-0.1, -0.05) is 19.1 Å². The largest absolute Gasteiger partial charge is 0.389 e. The quantitative estimate of drug-likeness (QED) is 0.797. The smallest absolute Gasteiger partial charge is 0.125 e. The van der Waals surface area contributed by atoms with Gasteiger partial charge in [-0.05, 0) is 25.0 Å². The number of ether oxygens (including phenoxy) is 1.